The summed E-state index contributed by atoms with van der Waals surface area (Å²) in [5.41, 5.74) is 1.17. The van der Waals surface area contributed by atoms with Gasteiger partial charge in [0, 0.05) is 0 Å². The summed E-state index contributed by atoms with van der Waals surface area (Å²) in [7, 11) is 0. The molecule has 0 amide bonds. The van der Waals surface area contributed by atoms with Crippen molar-refractivity contribution < 1.29 is 4.42 Å². The number of H-pyrrole nitrogens is 1. The highest BCUT2D eigenvalue weighted by molar-refractivity contribution is 9.11. The van der Waals surface area contributed by atoms with Crippen molar-refractivity contribution in [2.24, 2.45) is 0 Å². The molecule has 0 aliphatic rings. The molecule has 2 aromatic heterocycles. The number of rotatable bonds is 1. The van der Waals surface area contributed by atoms with E-state index in [9.17, 15) is 0 Å². The quantitative estimate of drug-likeness (QED) is 0.811. The number of aryl methyl sites for hydroxylation is 1. The molecule has 0 radical (unpaired) electrons. The number of hydrogen-bond donors (Lipinski definition) is 1. The third-order valence-corrected chi connectivity index (χ3v) is 3.81. The fourth-order valence-corrected chi connectivity index (χ4v) is 2.49. The molecule has 0 aliphatic carbocycles. The van der Waals surface area contributed by atoms with Crippen LogP contribution < -0.4 is 0 Å². The molecule has 2 heterocycles. The van der Waals surface area contributed by atoms with Gasteiger partial charge in [0.25, 0.3) is 10.7 Å². The second-order valence-electron chi connectivity index (χ2n) is 2.49. The van der Waals surface area contributed by atoms with Crippen LogP contribution in [0.3, 0.4) is 0 Å². The smallest absolute Gasteiger partial charge is 0.284 e. The van der Waals surface area contributed by atoms with E-state index in [0.717, 1.165) is 8.66 Å². The maximum Gasteiger partial charge on any atom is 0.284 e. The predicted molar refractivity (Wildman–Crippen MR) is 57.4 cm³/mol. The van der Waals surface area contributed by atoms with Crippen molar-refractivity contribution in [1.82, 2.24) is 10.2 Å². The molecule has 0 aliphatic heterocycles. The molecule has 1 N–H and O–H groups in total. The van der Waals surface area contributed by atoms with Crippen LogP contribution >= 0.6 is 39.5 Å². The molecule has 6 heteroatoms. The van der Waals surface area contributed by atoms with Crippen molar-refractivity contribution in [1.29, 1.82) is 0 Å². The second-order valence-corrected chi connectivity index (χ2v) is 5.23. The number of aromatic amines is 1. The molecule has 0 saturated carbocycles. The van der Waals surface area contributed by atoms with Gasteiger partial charge in [-0.05, 0) is 46.7 Å². The van der Waals surface area contributed by atoms with Gasteiger partial charge in [-0.3, -0.25) is 0 Å². The minimum Gasteiger partial charge on any atom is -0.408 e. The Morgan fingerprint density at radius 2 is 2.46 bits per heavy atom. The van der Waals surface area contributed by atoms with Gasteiger partial charge >= 0.3 is 0 Å². The van der Waals surface area contributed by atoms with Gasteiger partial charge in [0.1, 0.15) is 0 Å². The van der Waals surface area contributed by atoms with E-state index in [1.165, 1.54) is 5.56 Å². The van der Waals surface area contributed by atoms with Crippen LogP contribution in [0, 0.1) is 11.8 Å². The van der Waals surface area contributed by atoms with Gasteiger partial charge in [0.2, 0.25) is 0 Å². The molecule has 3 nitrogen and oxygen atoms in total. The highest BCUT2D eigenvalue weighted by Gasteiger charge is 2.09. The van der Waals surface area contributed by atoms with Crippen LogP contribution in [-0.2, 0) is 0 Å². The summed E-state index contributed by atoms with van der Waals surface area (Å²) >= 11 is 9.79. The third kappa shape index (κ3) is 1.74. The number of halogens is 1. The Balaban J connectivity index is 2.52. The van der Waals surface area contributed by atoms with Crippen LogP contribution in [0.15, 0.2) is 14.3 Å². The van der Waals surface area contributed by atoms with E-state index in [0.29, 0.717) is 10.7 Å². The van der Waals surface area contributed by atoms with Crippen LogP contribution in [0.25, 0.3) is 10.8 Å². The first-order valence-corrected chi connectivity index (χ1v) is 5.50. The number of nitrogens with zero attached hydrogens (tertiary/aromatic N) is 1. The maximum atomic E-state index is 5.18. The molecular weight excluding hydrogens is 272 g/mol. The first-order chi connectivity index (χ1) is 6.16. The average Bonchev–Trinajstić information content (AvgIpc) is 2.61. The zero-order chi connectivity index (χ0) is 9.42. The number of nitrogens with one attached hydrogen (secondary N) is 1. The van der Waals surface area contributed by atoms with Crippen molar-refractivity contribution in [3.63, 3.8) is 0 Å². The monoisotopic (exact) mass is 276 g/mol. The standard InChI is InChI=1S/C7H5BrN2OS2/c1-3-2-4(13-5(3)8)6-9-10-7(12)11-6/h2H,1H3,(H,10,12). The molecule has 2 rings (SSSR count). The normalized spacial score (nSPS) is 10.6. The summed E-state index contributed by atoms with van der Waals surface area (Å²) in [5, 5.41) is 6.52. The maximum absolute atomic E-state index is 5.18. The fourth-order valence-electron chi connectivity index (χ4n) is 0.901. The molecule has 0 fully saturated rings. The molecule has 0 atom stereocenters. The topological polar surface area (TPSA) is 41.8 Å². The zero-order valence-electron chi connectivity index (χ0n) is 6.63. The minimum atomic E-state index is 0.303. The van der Waals surface area contributed by atoms with E-state index in [-0.39, 0.29) is 0 Å². The first-order valence-electron chi connectivity index (χ1n) is 3.48. The molecule has 0 bridgehead atoms. The van der Waals surface area contributed by atoms with E-state index in [1.807, 2.05) is 13.0 Å². The Bertz CT molecular complexity index is 465. The van der Waals surface area contributed by atoms with E-state index in [2.05, 4.69) is 26.1 Å². The Labute approximate surface area is 91.9 Å². The van der Waals surface area contributed by atoms with Gasteiger partial charge in [-0.25, -0.2) is 5.10 Å². The lowest BCUT2D eigenvalue weighted by Crippen LogP contribution is -1.70. The van der Waals surface area contributed by atoms with Crippen molar-refractivity contribution in [2.75, 3.05) is 0 Å². The van der Waals surface area contributed by atoms with Crippen LogP contribution in [0.4, 0.5) is 0 Å². The van der Waals surface area contributed by atoms with Gasteiger partial charge < -0.3 is 4.42 Å². The molecule has 0 saturated heterocycles. The lowest BCUT2D eigenvalue weighted by atomic mass is 10.3. The van der Waals surface area contributed by atoms with Gasteiger partial charge in [-0.1, -0.05) is 0 Å². The van der Waals surface area contributed by atoms with E-state index in [4.69, 9.17) is 16.6 Å². The minimum absolute atomic E-state index is 0.303. The Kier molecular flexibility index (Phi) is 2.35. The first kappa shape index (κ1) is 9.11. The van der Waals surface area contributed by atoms with Crippen LogP contribution in [-0.4, -0.2) is 10.2 Å². The second kappa shape index (κ2) is 3.36. The molecular formula is C7H5BrN2OS2. The zero-order valence-corrected chi connectivity index (χ0v) is 9.85. The van der Waals surface area contributed by atoms with E-state index < -0.39 is 0 Å². The average molecular weight is 277 g/mol. The molecule has 0 spiro atoms. The SMILES string of the molecule is Cc1cc(-c2n[nH]c(=S)o2)sc1Br. The summed E-state index contributed by atoms with van der Waals surface area (Å²) in [6, 6.07) is 2.00. The summed E-state index contributed by atoms with van der Waals surface area (Å²) < 4.78 is 6.27. The van der Waals surface area contributed by atoms with Crippen LogP contribution in [0.5, 0.6) is 0 Å². The predicted octanol–water partition coefficient (Wildman–Crippen LogP) is 3.53. The molecule has 68 valence electrons. The Hall–Kier alpha value is -0.460. The largest absolute Gasteiger partial charge is 0.408 e. The van der Waals surface area contributed by atoms with Crippen molar-refractivity contribution in [3.05, 3.63) is 20.3 Å². The Morgan fingerprint density at radius 1 is 1.69 bits per heavy atom. The van der Waals surface area contributed by atoms with Crippen molar-refractivity contribution in [2.45, 2.75) is 6.92 Å². The number of aromatic nitrogens is 2. The molecule has 0 aromatic carbocycles. The van der Waals surface area contributed by atoms with Gasteiger partial charge in [0.05, 0.1) is 8.66 Å². The summed E-state index contributed by atoms with van der Waals surface area (Å²) in [6.07, 6.45) is 0. The fraction of sp³-hybridized carbons (Fsp3) is 0.143. The third-order valence-electron chi connectivity index (χ3n) is 1.51. The highest BCUT2D eigenvalue weighted by Crippen LogP contribution is 2.33. The lowest BCUT2D eigenvalue weighted by Gasteiger charge is -1.82. The van der Waals surface area contributed by atoms with E-state index >= 15 is 0 Å². The van der Waals surface area contributed by atoms with Gasteiger partial charge in [-0.15, -0.1) is 16.4 Å². The van der Waals surface area contributed by atoms with Crippen LogP contribution in [0.2, 0.25) is 0 Å². The van der Waals surface area contributed by atoms with Crippen molar-refractivity contribution >= 4 is 39.5 Å². The van der Waals surface area contributed by atoms with E-state index in [1.54, 1.807) is 11.3 Å². The number of thiophene rings is 1. The highest BCUT2D eigenvalue weighted by atomic mass is 79.9. The molecule has 0 unspecified atom stereocenters. The summed E-state index contributed by atoms with van der Waals surface area (Å²) in [5.74, 6) is 0.545. The summed E-state index contributed by atoms with van der Waals surface area (Å²) in [6.45, 7) is 2.02. The lowest BCUT2D eigenvalue weighted by molar-refractivity contribution is 0.553. The van der Waals surface area contributed by atoms with Crippen LogP contribution in [0.1, 0.15) is 5.56 Å². The summed E-state index contributed by atoms with van der Waals surface area (Å²) in [4.78, 5) is 1.27. The Morgan fingerprint density at radius 3 is 2.92 bits per heavy atom. The van der Waals surface area contributed by atoms with Crippen molar-refractivity contribution in [3.8, 4) is 10.8 Å². The number of hydrogen-bond acceptors (Lipinski definition) is 4. The van der Waals surface area contributed by atoms with Gasteiger partial charge in [0.15, 0.2) is 0 Å². The molecule has 2 aromatic rings. The van der Waals surface area contributed by atoms with Gasteiger partial charge in [-0.2, -0.15) is 0 Å². The molecule has 13 heavy (non-hydrogen) atoms.